The minimum atomic E-state index is -4.65. The second kappa shape index (κ2) is 8.24. The van der Waals surface area contributed by atoms with Crippen LogP contribution < -0.4 is 10.6 Å². The fraction of sp³-hybridized carbons (Fsp3) is 0.389. The first-order valence-corrected chi connectivity index (χ1v) is 9.28. The molecule has 2 amide bonds. The van der Waals surface area contributed by atoms with Crippen molar-refractivity contribution in [3.63, 3.8) is 0 Å². The molecule has 166 valence electrons. The number of nitrogens with zero attached hydrogens (tertiary/aromatic N) is 6. The maximum Gasteiger partial charge on any atom is 0.433 e. The van der Waals surface area contributed by atoms with Crippen LogP contribution >= 0.6 is 0 Å². The molecule has 0 aliphatic carbocycles. The summed E-state index contributed by atoms with van der Waals surface area (Å²) in [4.78, 5) is 25.3. The van der Waals surface area contributed by atoms with Crippen LogP contribution in [0.15, 0.2) is 18.5 Å². The first-order valence-electron chi connectivity index (χ1n) is 9.28. The Bertz CT molecular complexity index is 1130. The van der Waals surface area contributed by atoms with Gasteiger partial charge in [0.05, 0.1) is 35.2 Å². The number of alkyl halides is 3. The summed E-state index contributed by atoms with van der Waals surface area (Å²) in [5.41, 5.74) is 0.432. The number of aromatic nitrogens is 6. The van der Waals surface area contributed by atoms with Crippen LogP contribution in [0.3, 0.4) is 0 Å². The number of carbonyl (C=O) groups excluding carboxylic acids is 2. The number of anilines is 2. The molecule has 0 atom stereocenters. The highest BCUT2D eigenvalue weighted by atomic mass is 19.4. The normalized spacial score (nSPS) is 11.6. The van der Waals surface area contributed by atoms with Gasteiger partial charge in [0.2, 0.25) is 5.91 Å². The van der Waals surface area contributed by atoms with Crippen LogP contribution in [0.5, 0.6) is 0 Å². The zero-order chi connectivity index (χ0) is 22.9. The smallest absolute Gasteiger partial charge is 0.321 e. The van der Waals surface area contributed by atoms with Gasteiger partial charge in [-0.3, -0.25) is 23.6 Å². The Labute approximate surface area is 175 Å². The zero-order valence-corrected chi connectivity index (χ0v) is 17.3. The van der Waals surface area contributed by atoms with Crippen LogP contribution in [0.25, 0.3) is 0 Å². The fourth-order valence-electron chi connectivity index (χ4n) is 2.98. The summed E-state index contributed by atoms with van der Waals surface area (Å²) in [5.74, 6) is -1.33. The van der Waals surface area contributed by atoms with E-state index < -0.39 is 30.2 Å². The molecule has 0 aromatic carbocycles. The highest BCUT2D eigenvalue weighted by Crippen LogP contribution is 2.29. The van der Waals surface area contributed by atoms with Crippen molar-refractivity contribution in [1.82, 2.24) is 29.3 Å². The molecule has 0 bridgehead atoms. The predicted molar refractivity (Wildman–Crippen MR) is 104 cm³/mol. The summed E-state index contributed by atoms with van der Waals surface area (Å²) in [6.45, 7) is 4.58. The lowest BCUT2D eigenvalue weighted by atomic mass is 10.3. The predicted octanol–water partition coefficient (Wildman–Crippen LogP) is 2.36. The van der Waals surface area contributed by atoms with E-state index in [4.69, 9.17) is 0 Å². The molecule has 0 unspecified atom stereocenters. The average molecular weight is 438 g/mol. The lowest BCUT2D eigenvalue weighted by Crippen LogP contribution is -2.25. The van der Waals surface area contributed by atoms with Gasteiger partial charge in [0.25, 0.3) is 5.91 Å². The molecule has 0 saturated heterocycles. The second-order valence-electron chi connectivity index (χ2n) is 6.82. The van der Waals surface area contributed by atoms with Gasteiger partial charge in [0, 0.05) is 13.6 Å². The molecule has 0 fully saturated rings. The van der Waals surface area contributed by atoms with Crippen LogP contribution in [0, 0.1) is 13.8 Å². The molecule has 31 heavy (non-hydrogen) atoms. The summed E-state index contributed by atoms with van der Waals surface area (Å²) in [7, 11) is 1.72. The first kappa shape index (κ1) is 22.1. The van der Waals surface area contributed by atoms with Crippen LogP contribution in [0.4, 0.5) is 24.5 Å². The molecule has 3 aromatic heterocycles. The molecule has 10 nitrogen and oxygen atoms in total. The minimum absolute atomic E-state index is 0.0618. The maximum atomic E-state index is 13.1. The van der Waals surface area contributed by atoms with Crippen molar-refractivity contribution in [2.24, 2.45) is 7.05 Å². The van der Waals surface area contributed by atoms with Gasteiger partial charge in [-0.2, -0.15) is 28.5 Å². The lowest BCUT2D eigenvalue weighted by molar-refractivity contribution is -0.144. The summed E-state index contributed by atoms with van der Waals surface area (Å²) >= 11 is 0. The van der Waals surface area contributed by atoms with Crippen molar-refractivity contribution < 1.29 is 22.8 Å². The van der Waals surface area contributed by atoms with Crippen molar-refractivity contribution in [3.8, 4) is 0 Å². The third-order valence-corrected chi connectivity index (χ3v) is 4.60. The number of carbonyl (C=O) groups is 2. The molecule has 0 aliphatic heterocycles. The molecule has 3 rings (SSSR count). The molecule has 3 heterocycles. The van der Waals surface area contributed by atoms with E-state index in [9.17, 15) is 22.8 Å². The Morgan fingerprint density at radius 3 is 2.32 bits per heavy atom. The summed E-state index contributed by atoms with van der Waals surface area (Å²) in [6, 6.07) is 0.859. The van der Waals surface area contributed by atoms with Gasteiger partial charge in [-0.05, 0) is 26.8 Å². The Morgan fingerprint density at radius 1 is 1.06 bits per heavy atom. The number of halogens is 3. The highest BCUT2D eigenvalue weighted by Gasteiger charge is 2.36. The molecular weight excluding hydrogens is 417 g/mol. The summed E-state index contributed by atoms with van der Waals surface area (Å²) < 4.78 is 42.9. The third kappa shape index (κ3) is 4.59. The van der Waals surface area contributed by atoms with Gasteiger partial charge < -0.3 is 10.6 Å². The average Bonchev–Trinajstić information content (AvgIpc) is 3.34. The van der Waals surface area contributed by atoms with Crippen LogP contribution in [0.2, 0.25) is 0 Å². The number of rotatable bonds is 6. The van der Waals surface area contributed by atoms with Gasteiger partial charge in [0.15, 0.2) is 0 Å². The van der Waals surface area contributed by atoms with Crippen molar-refractivity contribution in [2.75, 3.05) is 10.6 Å². The summed E-state index contributed by atoms with van der Waals surface area (Å²) in [5, 5.41) is 17.0. The number of aryl methyl sites for hydroxylation is 3. The Hall–Kier alpha value is -3.64. The topological polar surface area (TPSA) is 112 Å². The quantitative estimate of drug-likeness (QED) is 0.614. The maximum absolute atomic E-state index is 13.1. The molecule has 0 radical (unpaired) electrons. The van der Waals surface area contributed by atoms with E-state index in [1.807, 2.05) is 0 Å². The standard InChI is InChI=1S/C18H21F3N8O2/c1-5-28-16(17(31)25-12-7-22-27(4)11(12)3)13(8-23-28)24-15(30)9-29-14(18(19,20)21)6-10(2)26-29/h6-8H,5,9H2,1-4H3,(H,24,30)(H,25,31). The van der Waals surface area contributed by atoms with Gasteiger partial charge in [0.1, 0.15) is 17.9 Å². The Balaban J connectivity index is 1.81. The Morgan fingerprint density at radius 2 is 1.74 bits per heavy atom. The lowest BCUT2D eigenvalue weighted by Gasteiger charge is -2.12. The first-order chi connectivity index (χ1) is 14.5. The molecule has 13 heteroatoms. The van der Waals surface area contributed by atoms with Crippen molar-refractivity contribution >= 4 is 23.2 Å². The monoisotopic (exact) mass is 438 g/mol. The Kier molecular flexibility index (Phi) is 5.86. The van der Waals surface area contributed by atoms with E-state index in [0.717, 1.165) is 11.8 Å². The number of nitrogens with one attached hydrogen (secondary N) is 2. The van der Waals surface area contributed by atoms with Crippen LogP contribution in [-0.2, 0) is 31.1 Å². The molecule has 2 N–H and O–H groups in total. The van der Waals surface area contributed by atoms with E-state index in [1.165, 1.54) is 24.0 Å². The summed E-state index contributed by atoms with van der Waals surface area (Å²) in [6.07, 6.45) is -1.90. The zero-order valence-electron chi connectivity index (χ0n) is 17.3. The fourth-order valence-corrected chi connectivity index (χ4v) is 2.98. The van der Waals surface area contributed by atoms with Gasteiger partial charge in [-0.15, -0.1) is 0 Å². The molecule has 0 spiro atoms. The van der Waals surface area contributed by atoms with E-state index in [-0.39, 0.29) is 17.1 Å². The SMILES string of the molecule is CCn1ncc(NC(=O)Cn2nc(C)cc2C(F)(F)F)c1C(=O)Nc1cnn(C)c1C. The van der Waals surface area contributed by atoms with Gasteiger partial charge >= 0.3 is 6.18 Å². The van der Waals surface area contributed by atoms with E-state index in [0.29, 0.717) is 16.9 Å². The minimum Gasteiger partial charge on any atom is -0.321 e. The van der Waals surface area contributed by atoms with Crippen molar-refractivity contribution in [3.05, 3.63) is 41.2 Å². The number of hydrogen-bond acceptors (Lipinski definition) is 5. The number of hydrogen-bond donors (Lipinski definition) is 2. The molecule has 0 saturated carbocycles. The number of amides is 2. The largest absolute Gasteiger partial charge is 0.433 e. The van der Waals surface area contributed by atoms with Crippen LogP contribution in [0.1, 0.15) is 34.5 Å². The van der Waals surface area contributed by atoms with Crippen molar-refractivity contribution in [2.45, 2.75) is 40.0 Å². The third-order valence-electron chi connectivity index (χ3n) is 4.60. The highest BCUT2D eigenvalue weighted by molar-refractivity contribution is 6.09. The van der Waals surface area contributed by atoms with E-state index in [1.54, 1.807) is 25.6 Å². The van der Waals surface area contributed by atoms with E-state index >= 15 is 0 Å². The molecule has 0 aliphatic rings. The van der Waals surface area contributed by atoms with Crippen molar-refractivity contribution in [1.29, 1.82) is 0 Å². The molecular formula is C18H21F3N8O2. The second-order valence-corrected chi connectivity index (χ2v) is 6.82. The van der Waals surface area contributed by atoms with Gasteiger partial charge in [-0.1, -0.05) is 0 Å². The van der Waals surface area contributed by atoms with Gasteiger partial charge in [-0.25, -0.2) is 0 Å². The molecule has 3 aromatic rings. The van der Waals surface area contributed by atoms with Crippen LogP contribution in [-0.4, -0.2) is 41.2 Å². The van der Waals surface area contributed by atoms with E-state index in [2.05, 4.69) is 25.9 Å².